The second-order valence-electron chi connectivity index (χ2n) is 12.4. The number of amides is 3. The quantitative estimate of drug-likeness (QED) is 0.404. The summed E-state index contributed by atoms with van der Waals surface area (Å²) in [7, 11) is -3.17. The summed E-state index contributed by atoms with van der Waals surface area (Å²) in [4.78, 5) is 26.8. The third-order valence-corrected chi connectivity index (χ3v) is 10.5. The summed E-state index contributed by atoms with van der Waals surface area (Å²) in [5.74, 6) is 1.14. The number of likely N-dealkylation sites (tertiary alicyclic amines) is 1. The van der Waals surface area contributed by atoms with Gasteiger partial charge in [-0.2, -0.15) is 0 Å². The molecule has 0 bridgehead atoms. The van der Waals surface area contributed by atoms with E-state index in [4.69, 9.17) is 0 Å². The Morgan fingerprint density at radius 1 is 1.00 bits per heavy atom. The summed E-state index contributed by atoms with van der Waals surface area (Å²) in [5, 5.41) is 9.39. The Morgan fingerprint density at radius 3 is 2.26 bits per heavy atom. The van der Waals surface area contributed by atoms with Gasteiger partial charge in [-0.25, -0.2) is 13.2 Å². The molecule has 5 rings (SSSR count). The van der Waals surface area contributed by atoms with E-state index in [0.29, 0.717) is 35.9 Å². The van der Waals surface area contributed by atoms with Gasteiger partial charge in [0.1, 0.15) is 0 Å². The second kappa shape index (κ2) is 14.5. The molecule has 3 aliphatic rings. The number of hydrogen-bond donors (Lipinski definition) is 3. The van der Waals surface area contributed by atoms with Crippen LogP contribution < -0.4 is 16.0 Å². The van der Waals surface area contributed by atoms with Crippen LogP contribution >= 0.6 is 0 Å². The molecule has 1 spiro atoms. The molecule has 0 radical (unpaired) electrons. The molecule has 2 heterocycles. The van der Waals surface area contributed by atoms with Crippen molar-refractivity contribution < 1.29 is 18.0 Å². The molecule has 42 heavy (non-hydrogen) atoms. The van der Waals surface area contributed by atoms with Crippen molar-refractivity contribution in [1.29, 1.82) is 0 Å². The Morgan fingerprint density at radius 2 is 1.64 bits per heavy atom. The number of carbonyl (C=O) groups is 2. The molecule has 8 nitrogen and oxygen atoms in total. The molecule has 2 saturated heterocycles. The smallest absolute Gasteiger partial charge is 0.315 e. The predicted octanol–water partition coefficient (Wildman–Crippen LogP) is 4.86. The predicted molar refractivity (Wildman–Crippen MR) is 167 cm³/mol. The number of sulfone groups is 1. The maximum atomic E-state index is 12.7. The van der Waals surface area contributed by atoms with E-state index in [1.165, 1.54) is 24.7 Å². The lowest BCUT2D eigenvalue weighted by Gasteiger charge is -2.32. The first-order valence-electron chi connectivity index (χ1n) is 15.5. The van der Waals surface area contributed by atoms with Crippen LogP contribution in [0.3, 0.4) is 0 Å². The maximum Gasteiger partial charge on any atom is 0.315 e. The van der Waals surface area contributed by atoms with E-state index < -0.39 is 9.84 Å². The van der Waals surface area contributed by atoms with Crippen LogP contribution in [0.5, 0.6) is 0 Å². The average Bonchev–Trinajstić information content (AvgIpc) is 3.61. The lowest BCUT2D eigenvalue weighted by Crippen LogP contribution is -2.42. The Kier molecular flexibility index (Phi) is 11.1. The molecule has 2 aliphatic heterocycles. The second-order valence-corrected chi connectivity index (χ2v) is 14.5. The first-order valence-corrected chi connectivity index (χ1v) is 17.3. The van der Waals surface area contributed by atoms with Gasteiger partial charge in [-0.3, -0.25) is 4.79 Å². The van der Waals surface area contributed by atoms with Gasteiger partial charge in [0, 0.05) is 31.9 Å². The Labute approximate surface area is 251 Å². The molecule has 230 valence electrons. The number of piperidine rings is 1. The van der Waals surface area contributed by atoms with Gasteiger partial charge in [-0.15, -0.1) is 0 Å². The first kappa shape index (κ1) is 32.0. The summed E-state index contributed by atoms with van der Waals surface area (Å²) >= 11 is 0. The molecular weight excluding hydrogens is 548 g/mol. The van der Waals surface area contributed by atoms with Gasteiger partial charge < -0.3 is 20.9 Å². The Hall–Kier alpha value is -2.91. The van der Waals surface area contributed by atoms with Crippen molar-refractivity contribution >= 4 is 21.8 Å². The van der Waals surface area contributed by atoms with Crippen molar-refractivity contribution in [3.8, 4) is 0 Å². The zero-order chi connectivity index (χ0) is 30.2. The maximum absolute atomic E-state index is 12.7. The van der Waals surface area contributed by atoms with Crippen molar-refractivity contribution in [3.05, 3.63) is 65.7 Å². The third kappa shape index (κ3) is 8.57. The molecule has 0 aromatic heterocycles. The van der Waals surface area contributed by atoms with Crippen molar-refractivity contribution in [2.75, 3.05) is 32.4 Å². The lowest BCUT2D eigenvalue weighted by molar-refractivity contribution is -0.137. The minimum atomic E-state index is -3.17. The fraction of sp³-hybridized carbons (Fsp3) is 0.576. The molecule has 3 amide bonds. The highest BCUT2D eigenvalue weighted by molar-refractivity contribution is 7.90. The Bertz CT molecular complexity index is 1270. The van der Waals surface area contributed by atoms with Crippen LogP contribution in [0.4, 0.5) is 4.79 Å². The molecule has 2 atom stereocenters. The van der Waals surface area contributed by atoms with Crippen LogP contribution in [-0.4, -0.2) is 63.7 Å². The minimum Gasteiger partial charge on any atom is -0.338 e. The summed E-state index contributed by atoms with van der Waals surface area (Å²) in [6.07, 6.45) is 8.73. The fourth-order valence-corrected chi connectivity index (χ4v) is 6.93. The van der Waals surface area contributed by atoms with Gasteiger partial charge in [0.2, 0.25) is 5.91 Å². The highest BCUT2D eigenvalue weighted by Gasteiger charge is 2.46. The van der Waals surface area contributed by atoms with Gasteiger partial charge in [0.05, 0.1) is 10.3 Å². The normalized spacial score (nSPS) is 20.1. The van der Waals surface area contributed by atoms with Crippen molar-refractivity contribution in [2.24, 2.45) is 11.3 Å². The summed E-state index contributed by atoms with van der Waals surface area (Å²) < 4.78 is 22.9. The third-order valence-electron chi connectivity index (χ3n) is 9.34. The largest absolute Gasteiger partial charge is 0.338 e. The molecule has 1 unspecified atom stereocenters. The van der Waals surface area contributed by atoms with E-state index in [2.05, 4.69) is 54.1 Å². The number of carbonyl (C=O) groups excluding carboxylic acids is 2. The number of nitrogens with zero attached hydrogens (tertiary/aromatic N) is 1. The molecular formula is C33H48N4O4S. The number of hydrogen-bond acceptors (Lipinski definition) is 5. The van der Waals surface area contributed by atoms with Gasteiger partial charge in [-0.05, 0) is 80.3 Å². The number of nitrogens with one attached hydrogen (secondary N) is 3. The standard InChI is InChI=1S/C17H26N2O.C16H22N2O3S/c1-13(14(2)15-8-4-3-5-9-15)12-18-17(20)19-16-10-6-7-11-16;1-22(20,21)14-4-2-13(3-5-14)12-18-11-8-16(15(18)19)6-9-17-10-7-16/h3-5,8-9,13-14,16H,6-7,10-12H2,1-2H3,(H2,18,19,20);2-5,17H,6-12H2,1H3/t13-,14?;/m0./s1. The van der Waals surface area contributed by atoms with Crippen molar-refractivity contribution in [2.45, 2.75) is 82.2 Å². The minimum absolute atomic E-state index is 0.0102. The number of rotatable bonds is 8. The summed E-state index contributed by atoms with van der Waals surface area (Å²) in [5.41, 5.74) is 2.16. The summed E-state index contributed by atoms with van der Waals surface area (Å²) in [6.45, 7) is 8.33. The van der Waals surface area contributed by atoms with E-state index in [1.807, 2.05) is 11.0 Å². The highest BCUT2D eigenvalue weighted by Crippen LogP contribution is 2.40. The van der Waals surface area contributed by atoms with Crippen molar-refractivity contribution in [3.63, 3.8) is 0 Å². The molecule has 1 saturated carbocycles. The van der Waals surface area contributed by atoms with E-state index in [1.54, 1.807) is 24.3 Å². The molecule has 2 aromatic carbocycles. The zero-order valence-electron chi connectivity index (χ0n) is 25.4. The molecule has 1 aliphatic carbocycles. The zero-order valence-corrected chi connectivity index (χ0v) is 26.2. The number of benzene rings is 2. The number of urea groups is 1. The van der Waals surface area contributed by atoms with Crippen LogP contribution in [-0.2, 0) is 21.2 Å². The van der Waals surface area contributed by atoms with Crippen molar-refractivity contribution in [1.82, 2.24) is 20.9 Å². The molecule has 3 fully saturated rings. The van der Waals surface area contributed by atoms with Crippen LogP contribution in [0.15, 0.2) is 59.5 Å². The van der Waals surface area contributed by atoms with Gasteiger partial charge in [0.15, 0.2) is 9.84 Å². The van der Waals surface area contributed by atoms with E-state index in [9.17, 15) is 18.0 Å². The van der Waals surface area contributed by atoms with E-state index in [0.717, 1.165) is 57.3 Å². The topological polar surface area (TPSA) is 108 Å². The van der Waals surface area contributed by atoms with Gasteiger partial charge in [-0.1, -0.05) is 69.2 Å². The fourth-order valence-electron chi connectivity index (χ4n) is 6.30. The van der Waals surface area contributed by atoms with E-state index >= 15 is 0 Å². The van der Waals surface area contributed by atoms with Crippen LogP contribution in [0.1, 0.15) is 75.8 Å². The van der Waals surface area contributed by atoms with Gasteiger partial charge >= 0.3 is 6.03 Å². The van der Waals surface area contributed by atoms with E-state index in [-0.39, 0.29) is 17.4 Å². The first-order chi connectivity index (χ1) is 20.1. The van der Waals surface area contributed by atoms with Crippen LogP contribution in [0.2, 0.25) is 0 Å². The molecule has 3 N–H and O–H groups in total. The summed E-state index contributed by atoms with van der Waals surface area (Å²) in [6, 6.07) is 17.7. The highest BCUT2D eigenvalue weighted by atomic mass is 32.2. The van der Waals surface area contributed by atoms with Crippen LogP contribution in [0.25, 0.3) is 0 Å². The van der Waals surface area contributed by atoms with Crippen LogP contribution in [0, 0.1) is 11.3 Å². The monoisotopic (exact) mass is 596 g/mol. The lowest BCUT2D eigenvalue weighted by atomic mass is 9.78. The molecule has 2 aromatic rings. The SMILES string of the molecule is CC(c1ccccc1)[C@@H](C)CNC(=O)NC1CCCC1.CS(=O)(=O)c1ccc(CN2CCC3(CCNCC3)C2=O)cc1. The molecule has 9 heteroatoms. The average molecular weight is 597 g/mol. The Balaban J connectivity index is 0.000000194. The van der Waals surface area contributed by atoms with Gasteiger partial charge in [0.25, 0.3) is 0 Å².